The number of rotatable bonds is 3. The van der Waals surface area contributed by atoms with Gasteiger partial charge in [0.1, 0.15) is 11.5 Å². The van der Waals surface area contributed by atoms with E-state index in [9.17, 15) is 5.11 Å². The molecule has 0 saturated carbocycles. The van der Waals surface area contributed by atoms with Gasteiger partial charge in [0.15, 0.2) is 0 Å². The summed E-state index contributed by atoms with van der Waals surface area (Å²) in [5.74, 6) is 0.716. The van der Waals surface area contributed by atoms with Gasteiger partial charge in [-0.05, 0) is 50.4 Å². The molecular formula is C21H25N5O. The number of hydrogen-bond donors (Lipinski definition) is 1. The molecule has 1 saturated heterocycles. The molecule has 2 atom stereocenters. The van der Waals surface area contributed by atoms with Crippen LogP contribution in [-0.4, -0.2) is 42.6 Å². The molecule has 2 aliphatic rings. The molecule has 5 heterocycles. The van der Waals surface area contributed by atoms with E-state index in [1.807, 2.05) is 13.1 Å². The van der Waals surface area contributed by atoms with Crippen molar-refractivity contribution in [3.8, 4) is 0 Å². The number of pyridine rings is 1. The number of aliphatic hydroxyl groups is 1. The fourth-order valence-corrected chi connectivity index (χ4v) is 4.77. The summed E-state index contributed by atoms with van der Waals surface area (Å²) in [5.41, 5.74) is 5.72. The lowest BCUT2D eigenvalue weighted by atomic mass is 9.96. The Bertz CT molecular complexity index is 994. The van der Waals surface area contributed by atoms with E-state index < -0.39 is 6.10 Å². The van der Waals surface area contributed by atoms with E-state index in [2.05, 4.69) is 32.4 Å². The van der Waals surface area contributed by atoms with E-state index in [0.29, 0.717) is 18.4 Å². The molecular weight excluding hydrogens is 338 g/mol. The molecule has 3 aromatic heterocycles. The fraction of sp³-hybridized carbons (Fsp3) is 0.476. The molecule has 0 aliphatic carbocycles. The molecule has 5 rings (SSSR count). The molecule has 2 aliphatic heterocycles. The van der Waals surface area contributed by atoms with Gasteiger partial charge in [-0.3, -0.25) is 4.90 Å². The average molecular weight is 363 g/mol. The van der Waals surface area contributed by atoms with Gasteiger partial charge >= 0.3 is 0 Å². The predicted molar refractivity (Wildman–Crippen MR) is 103 cm³/mol. The van der Waals surface area contributed by atoms with Crippen LogP contribution in [0.2, 0.25) is 0 Å². The summed E-state index contributed by atoms with van der Waals surface area (Å²) in [4.78, 5) is 15.8. The third-order valence-corrected chi connectivity index (χ3v) is 6.06. The van der Waals surface area contributed by atoms with Gasteiger partial charge in [0, 0.05) is 54.2 Å². The Morgan fingerprint density at radius 3 is 2.78 bits per heavy atom. The zero-order valence-corrected chi connectivity index (χ0v) is 15.9. The Labute approximate surface area is 158 Å². The summed E-state index contributed by atoms with van der Waals surface area (Å²) in [6, 6.07) is 2.77. The van der Waals surface area contributed by atoms with E-state index in [-0.39, 0.29) is 0 Å². The van der Waals surface area contributed by atoms with Crippen LogP contribution >= 0.6 is 0 Å². The zero-order chi connectivity index (χ0) is 18.5. The van der Waals surface area contributed by atoms with Crippen molar-refractivity contribution in [3.63, 3.8) is 0 Å². The van der Waals surface area contributed by atoms with Crippen molar-refractivity contribution in [2.45, 2.75) is 51.8 Å². The second-order valence-electron chi connectivity index (χ2n) is 7.88. The molecule has 1 N–H and O–H groups in total. The van der Waals surface area contributed by atoms with E-state index in [1.165, 1.54) is 41.6 Å². The minimum atomic E-state index is -0.644. The Morgan fingerprint density at radius 2 is 1.96 bits per heavy atom. The first kappa shape index (κ1) is 16.8. The van der Waals surface area contributed by atoms with Gasteiger partial charge in [-0.25, -0.2) is 15.0 Å². The lowest BCUT2D eigenvalue weighted by Gasteiger charge is -2.31. The first-order chi connectivity index (χ1) is 13.1. The highest BCUT2D eigenvalue weighted by molar-refractivity contribution is 5.84. The molecule has 3 aromatic rings. The van der Waals surface area contributed by atoms with Crippen molar-refractivity contribution in [1.29, 1.82) is 0 Å². The molecule has 140 valence electrons. The van der Waals surface area contributed by atoms with E-state index in [0.717, 1.165) is 24.2 Å². The highest BCUT2D eigenvalue weighted by Crippen LogP contribution is 2.43. The summed E-state index contributed by atoms with van der Waals surface area (Å²) >= 11 is 0. The predicted octanol–water partition coefficient (Wildman–Crippen LogP) is 2.87. The summed E-state index contributed by atoms with van der Waals surface area (Å²) < 4.78 is 2.24. The van der Waals surface area contributed by atoms with Crippen molar-refractivity contribution in [2.75, 3.05) is 13.1 Å². The lowest BCUT2D eigenvalue weighted by Crippen LogP contribution is -2.31. The van der Waals surface area contributed by atoms with Crippen LogP contribution in [0.3, 0.4) is 0 Å². The first-order valence-electron chi connectivity index (χ1n) is 9.80. The van der Waals surface area contributed by atoms with Crippen molar-refractivity contribution >= 4 is 11.0 Å². The van der Waals surface area contributed by atoms with E-state index >= 15 is 0 Å². The van der Waals surface area contributed by atoms with Gasteiger partial charge < -0.3 is 9.67 Å². The molecule has 6 heteroatoms. The second-order valence-corrected chi connectivity index (χ2v) is 7.88. The van der Waals surface area contributed by atoms with Gasteiger partial charge in [-0.2, -0.15) is 0 Å². The van der Waals surface area contributed by atoms with Gasteiger partial charge in [0.25, 0.3) is 0 Å². The molecule has 2 unspecified atom stereocenters. The number of aryl methyl sites for hydroxylation is 2. The van der Waals surface area contributed by atoms with Gasteiger partial charge in [0.2, 0.25) is 0 Å². The number of hydrogen-bond acceptors (Lipinski definition) is 5. The van der Waals surface area contributed by atoms with Crippen LogP contribution in [0.25, 0.3) is 11.0 Å². The highest BCUT2D eigenvalue weighted by Gasteiger charge is 2.36. The number of aromatic nitrogens is 4. The number of nitrogens with zero attached hydrogens (tertiary/aromatic N) is 5. The average Bonchev–Trinajstić information content (AvgIpc) is 3.25. The van der Waals surface area contributed by atoms with Crippen molar-refractivity contribution in [1.82, 2.24) is 24.4 Å². The minimum absolute atomic E-state index is 0.487. The van der Waals surface area contributed by atoms with Gasteiger partial charge in [-0.15, -0.1) is 0 Å². The third-order valence-electron chi connectivity index (χ3n) is 6.06. The fourth-order valence-electron chi connectivity index (χ4n) is 4.77. The Balaban J connectivity index is 1.61. The van der Waals surface area contributed by atoms with Crippen LogP contribution in [0.5, 0.6) is 0 Å². The molecule has 0 bridgehead atoms. The van der Waals surface area contributed by atoms with Gasteiger partial charge in [0.05, 0.1) is 12.6 Å². The maximum Gasteiger partial charge on any atom is 0.140 e. The topological polar surface area (TPSA) is 67.1 Å². The summed E-state index contributed by atoms with van der Waals surface area (Å²) in [6.07, 6.45) is 8.22. The van der Waals surface area contributed by atoms with Crippen LogP contribution in [0.4, 0.5) is 0 Å². The molecule has 0 radical (unpaired) electrons. The van der Waals surface area contributed by atoms with Crippen molar-refractivity contribution in [3.05, 3.63) is 52.9 Å². The Kier molecular flexibility index (Phi) is 3.98. The minimum Gasteiger partial charge on any atom is -0.386 e. The second kappa shape index (κ2) is 6.39. The summed E-state index contributed by atoms with van der Waals surface area (Å²) in [7, 11) is 0. The molecule has 0 amide bonds. The largest absolute Gasteiger partial charge is 0.386 e. The maximum absolute atomic E-state index is 10.8. The van der Waals surface area contributed by atoms with E-state index in [4.69, 9.17) is 4.98 Å². The number of fused-ring (bicyclic) bond motifs is 5. The highest BCUT2D eigenvalue weighted by atomic mass is 16.3. The Morgan fingerprint density at radius 1 is 1.15 bits per heavy atom. The number of aliphatic hydroxyl groups excluding tert-OH is 1. The molecule has 6 nitrogen and oxygen atoms in total. The van der Waals surface area contributed by atoms with Crippen LogP contribution in [0.15, 0.2) is 24.7 Å². The normalized spacial score (nSPS) is 20.6. The molecule has 0 aromatic carbocycles. The summed E-state index contributed by atoms with van der Waals surface area (Å²) in [6.45, 7) is 6.73. The van der Waals surface area contributed by atoms with Crippen LogP contribution in [0.1, 0.15) is 53.2 Å². The zero-order valence-electron chi connectivity index (χ0n) is 15.9. The standard InChI is InChI=1S/C21H25N5O/c1-13-8-16-20-17-4-3-6-25(17)7-5-18(20)26(21(16)24-9-13)12-19(27)15-10-22-14(2)23-11-15/h8-11,17,19,27H,3-7,12H2,1-2H3. The van der Waals surface area contributed by atoms with Crippen LogP contribution < -0.4 is 0 Å². The van der Waals surface area contributed by atoms with E-state index in [1.54, 1.807) is 12.4 Å². The first-order valence-corrected chi connectivity index (χ1v) is 9.80. The third kappa shape index (κ3) is 2.75. The SMILES string of the molecule is Cc1cnc2c(c1)c1c(n2CC(O)c2cnc(C)nc2)CCN2CCCC12. The smallest absolute Gasteiger partial charge is 0.140 e. The van der Waals surface area contributed by atoms with Crippen LogP contribution in [0, 0.1) is 13.8 Å². The monoisotopic (exact) mass is 363 g/mol. The van der Waals surface area contributed by atoms with Crippen molar-refractivity contribution < 1.29 is 5.11 Å². The van der Waals surface area contributed by atoms with Crippen molar-refractivity contribution in [2.24, 2.45) is 0 Å². The maximum atomic E-state index is 10.8. The van der Waals surface area contributed by atoms with Crippen LogP contribution in [-0.2, 0) is 13.0 Å². The lowest BCUT2D eigenvalue weighted by molar-refractivity contribution is 0.154. The van der Waals surface area contributed by atoms with Gasteiger partial charge in [-0.1, -0.05) is 0 Å². The molecule has 1 fully saturated rings. The molecule has 0 spiro atoms. The summed E-state index contributed by atoms with van der Waals surface area (Å²) in [5, 5.41) is 12.1. The quantitative estimate of drug-likeness (QED) is 0.775. The molecule has 27 heavy (non-hydrogen) atoms. The Hall–Kier alpha value is -2.31.